The van der Waals surface area contributed by atoms with Crippen molar-refractivity contribution in [3.63, 3.8) is 0 Å². The number of nitrogens with one attached hydrogen (secondary N) is 1. The Bertz CT molecular complexity index is 644. The number of rotatable bonds is 5. The number of carbonyl (C=O) groups excluding carboxylic acids is 1. The van der Waals surface area contributed by atoms with Crippen LogP contribution in [0.25, 0.3) is 0 Å². The molecule has 2 rings (SSSR count). The van der Waals surface area contributed by atoms with Crippen molar-refractivity contribution in [3.8, 4) is 0 Å². The number of hydrogen-bond acceptors (Lipinski definition) is 4. The van der Waals surface area contributed by atoms with E-state index in [4.69, 9.17) is 23.2 Å². The summed E-state index contributed by atoms with van der Waals surface area (Å²) in [4.78, 5) is 13.6. The van der Waals surface area contributed by atoms with Gasteiger partial charge in [-0.05, 0) is 24.6 Å². The Morgan fingerprint density at radius 2 is 1.95 bits per heavy atom. The number of anilines is 1. The van der Waals surface area contributed by atoms with Gasteiger partial charge in [0.05, 0.1) is 11.5 Å². The van der Waals surface area contributed by atoms with Crippen LogP contribution in [0.15, 0.2) is 18.2 Å². The van der Waals surface area contributed by atoms with E-state index in [9.17, 15) is 13.2 Å². The van der Waals surface area contributed by atoms with Gasteiger partial charge < -0.3 is 10.2 Å². The molecule has 0 bridgehead atoms. The third-order valence-corrected chi connectivity index (χ3v) is 5.87. The zero-order valence-corrected chi connectivity index (χ0v) is 14.5. The molecule has 0 spiro atoms. The lowest BCUT2D eigenvalue weighted by molar-refractivity contribution is -0.131. The molecule has 1 amide bonds. The number of sulfone groups is 1. The third-order valence-electron chi connectivity index (χ3n) is 3.68. The van der Waals surface area contributed by atoms with Crippen molar-refractivity contribution < 1.29 is 13.2 Å². The Balaban J connectivity index is 1.82. The average molecular weight is 365 g/mol. The maximum absolute atomic E-state index is 12.1. The molecule has 1 aromatic carbocycles. The highest BCUT2D eigenvalue weighted by molar-refractivity contribution is 7.91. The second-order valence-electron chi connectivity index (χ2n) is 5.40. The van der Waals surface area contributed by atoms with Crippen molar-refractivity contribution in [3.05, 3.63) is 28.2 Å². The van der Waals surface area contributed by atoms with E-state index >= 15 is 0 Å². The maximum Gasteiger partial charge on any atom is 0.224 e. The Morgan fingerprint density at radius 3 is 2.50 bits per heavy atom. The second-order valence-corrected chi connectivity index (χ2v) is 8.50. The molecule has 22 heavy (non-hydrogen) atoms. The van der Waals surface area contributed by atoms with Crippen molar-refractivity contribution >= 4 is 44.6 Å². The van der Waals surface area contributed by atoms with Gasteiger partial charge in [0.1, 0.15) is 0 Å². The molecule has 122 valence electrons. The standard InChI is InChI=1S/C14H18Cl2N2O3S/c1-18(13-3-5-22(20,21)9-13)14(19)2-4-17-12-7-10(15)6-11(16)8-12/h6-8,13,17H,2-5,9H2,1H3. The molecule has 8 heteroatoms. The highest BCUT2D eigenvalue weighted by Crippen LogP contribution is 2.22. The summed E-state index contributed by atoms with van der Waals surface area (Å²) in [6.07, 6.45) is 0.791. The van der Waals surface area contributed by atoms with Crippen LogP contribution in [0.5, 0.6) is 0 Å². The van der Waals surface area contributed by atoms with Gasteiger partial charge in [0.2, 0.25) is 5.91 Å². The summed E-state index contributed by atoms with van der Waals surface area (Å²) in [6, 6.07) is 4.88. The van der Waals surface area contributed by atoms with Gasteiger partial charge in [0, 0.05) is 41.8 Å². The van der Waals surface area contributed by atoms with Crippen LogP contribution in [0.4, 0.5) is 5.69 Å². The van der Waals surface area contributed by atoms with Crippen LogP contribution in [0.1, 0.15) is 12.8 Å². The number of amides is 1. The average Bonchev–Trinajstić information content (AvgIpc) is 2.77. The molecule has 1 aliphatic rings. The minimum Gasteiger partial charge on any atom is -0.384 e. The molecule has 0 aromatic heterocycles. The Kier molecular flexibility index (Phi) is 5.58. The molecule has 1 atom stereocenters. The monoisotopic (exact) mass is 364 g/mol. The quantitative estimate of drug-likeness (QED) is 0.871. The molecule has 1 unspecified atom stereocenters. The van der Waals surface area contributed by atoms with Gasteiger partial charge in [-0.3, -0.25) is 4.79 Å². The SMILES string of the molecule is CN(C(=O)CCNc1cc(Cl)cc(Cl)c1)C1CCS(=O)(=O)C1. The highest BCUT2D eigenvalue weighted by atomic mass is 35.5. The fourth-order valence-corrected chi connectivity index (χ4v) is 4.73. The summed E-state index contributed by atoms with van der Waals surface area (Å²) in [5.74, 6) is 0.143. The van der Waals surface area contributed by atoms with Gasteiger partial charge in [-0.1, -0.05) is 23.2 Å². The van der Waals surface area contributed by atoms with E-state index in [0.29, 0.717) is 23.0 Å². The van der Waals surface area contributed by atoms with Crippen LogP contribution in [0.2, 0.25) is 10.0 Å². The van der Waals surface area contributed by atoms with Crippen LogP contribution in [-0.2, 0) is 14.6 Å². The first-order chi connectivity index (χ1) is 10.3. The molecule has 0 radical (unpaired) electrons. The van der Waals surface area contributed by atoms with Crippen LogP contribution >= 0.6 is 23.2 Å². The fourth-order valence-electron chi connectivity index (χ4n) is 2.43. The van der Waals surface area contributed by atoms with E-state index in [2.05, 4.69) is 5.32 Å². The molecule has 1 aliphatic heterocycles. The normalized spacial score (nSPS) is 19.9. The molecule has 0 saturated carbocycles. The van der Waals surface area contributed by atoms with Gasteiger partial charge in [-0.15, -0.1) is 0 Å². The van der Waals surface area contributed by atoms with Crippen molar-refractivity contribution in [2.75, 3.05) is 30.4 Å². The predicted octanol–water partition coefficient (Wildman–Crippen LogP) is 2.44. The molecule has 0 aliphatic carbocycles. The Morgan fingerprint density at radius 1 is 1.32 bits per heavy atom. The predicted molar refractivity (Wildman–Crippen MR) is 89.4 cm³/mol. The summed E-state index contributed by atoms with van der Waals surface area (Å²) < 4.78 is 22.9. The summed E-state index contributed by atoms with van der Waals surface area (Å²) in [6.45, 7) is 0.430. The van der Waals surface area contributed by atoms with Gasteiger partial charge in [0.25, 0.3) is 0 Å². The second kappa shape index (κ2) is 7.06. The van der Waals surface area contributed by atoms with Crippen molar-refractivity contribution in [1.29, 1.82) is 0 Å². The van der Waals surface area contributed by atoms with Crippen LogP contribution < -0.4 is 5.32 Å². The maximum atomic E-state index is 12.1. The Hall–Kier alpha value is -0.980. The molecule has 5 nitrogen and oxygen atoms in total. The van der Waals surface area contributed by atoms with E-state index in [1.54, 1.807) is 25.2 Å². The molecule has 1 saturated heterocycles. The van der Waals surface area contributed by atoms with Gasteiger partial charge in [0.15, 0.2) is 9.84 Å². The van der Waals surface area contributed by atoms with E-state index in [1.165, 1.54) is 4.90 Å². The lowest BCUT2D eigenvalue weighted by atomic mass is 10.2. The summed E-state index contributed by atoms with van der Waals surface area (Å²) >= 11 is 11.8. The minimum absolute atomic E-state index is 0.0621. The third kappa shape index (κ3) is 4.76. The van der Waals surface area contributed by atoms with E-state index in [1.807, 2.05) is 0 Å². The van der Waals surface area contributed by atoms with Crippen molar-refractivity contribution in [2.45, 2.75) is 18.9 Å². The number of halogens is 2. The van der Waals surface area contributed by atoms with Gasteiger partial charge in [-0.2, -0.15) is 0 Å². The summed E-state index contributed by atoms with van der Waals surface area (Å²) in [7, 11) is -1.33. The highest BCUT2D eigenvalue weighted by Gasteiger charge is 2.32. The van der Waals surface area contributed by atoms with Crippen LogP contribution in [0, 0.1) is 0 Å². The largest absolute Gasteiger partial charge is 0.384 e. The fraction of sp³-hybridized carbons (Fsp3) is 0.500. The molecular weight excluding hydrogens is 347 g/mol. The smallest absolute Gasteiger partial charge is 0.224 e. The summed E-state index contributed by atoms with van der Waals surface area (Å²) in [5.41, 5.74) is 0.747. The van der Waals surface area contributed by atoms with E-state index in [-0.39, 0.29) is 29.9 Å². The van der Waals surface area contributed by atoms with E-state index in [0.717, 1.165) is 5.69 Å². The van der Waals surface area contributed by atoms with Crippen LogP contribution in [0.3, 0.4) is 0 Å². The zero-order chi connectivity index (χ0) is 16.3. The zero-order valence-electron chi connectivity index (χ0n) is 12.2. The molecular formula is C14H18Cl2N2O3S. The molecule has 1 fully saturated rings. The number of benzene rings is 1. The molecule has 1 N–H and O–H groups in total. The molecule has 1 heterocycles. The number of hydrogen-bond donors (Lipinski definition) is 1. The van der Waals surface area contributed by atoms with Crippen LogP contribution in [-0.4, -0.2) is 50.4 Å². The number of nitrogens with zero attached hydrogens (tertiary/aromatic N) is 1. The first kappa shape index (κ1) is 17.4. The van der Waals surface area contributed by atoms with Crippen molar-refractivity contribution in [1.82, 2.24) is 4.90 Å². The van der Waals surface area contributed by atoms with E-state index < -0.39 is 9.84 Å². The first-order valence-electron chi connectivity index (χ1n) is 6.93. The van der Waals surface area contributed by atoms with Gasteiger partial charge in [-0.25, -0.2) is 8.42 Å². The van der Waals surface area contributed by atoms with Crippen molar-refractivity contribution in [2.24, 2.45) is 0 Å². The lowest BCUT2D eigenvalue weighted by Crippen LogP contribution is -2.38. The number of carbonyl (C=O) groups is 1. The first-order valence-corrected chi connectivity index (χ1v) is 9.50. The Labute approximate surface area is 140 Å². The molecule has 1 aromatic rings. The summed E-state index contributed by atoms with van der Waals surface area (Å²) in [5, 5.41) is 4.13. The lowest BCUT2D eigenvalue weighted by Gasteiger charge is -2.23. The minimum atomic E-state index is -2.99. The topological polar surface area (TPSA) is 66.5 Å². The van der Waals surface area contributed by atoms with Gasteiger partial charge >= 0.3 is 0 Å².